The Kier molecular flexibility index (Phi) is 10.8. The first-order chi connectivity index (χ1) is 14.0. The second-order valence-corrected chi connectivity index (χ2v) is 9.17. The van der Waals surface area contributed by atoms with Gasteiger partial charge in [-0.25, -0.2) is 23.7 Å². The van der Waals surface area contributed by atoms with E-state index < -0.39 is 0 Å². The zero-order valence-electron chi connectivity index (χ0n) is 21.1. The van der Waals surface area contributed by atoms with Crippen LogP contribution in [-0.4, -0.2) is 0 Å². The van der Waals surface area contributed by atoms with Crippen molar-refractivity contribution >= 4 is 0 Å². The molecule has 0 fully saturated rings. The van der Waals surface area contributed by atoms with Crippen LogP contribution >= 0.6 is 0 Å². The maximum absolute atomic E-state index is 3.33. The van der Waals surface area contributed by atoms with Gasteiger partial charge in [0.1, 0.15) is 0 Å². The summed E-state index contributed by atoms with van der Waals surface area (Å²) in [6.45, 7) is 21.9. The first-order valence-electron chi connectivity index (χ1n) is 11.1. The van der Waals surface area contributed by atoms with Crippen LogP contribution < -0.4 is 0 Å². The summed E-state index contributed by atoms with van der Waals surface area (Å²) in [6.07, 6.45) is 8.40. The molecular formula is C30H36Y-2. The van der Waals surface area contributed by atoms with Crippen molar-refractivity contribution < 1.29 is 32.7 Å². The van der Waals surface area contributed by atoms with Crippen molar-refractivity contribution in [2.45, 2.75) is 82.1 Å². The van der Waals surface area contributed by atoms with Crippen molar-refractivity contribution in [2.24, 2.45) is 11.8 Å². The van der Waals surface area contributed by atoms with Crippen molar-refractivity contribution in [3.05, 3.63) is 67.9 Å². The summed E-state index contributed by atoms with van der Waals surface area (Å²) in [6, 6.07) is 0. The van der Waals surface area contributed by atoms with Gasteiger partial charge < -0.3 is 0 Å². The van der Waals surface area contributed by atoms with Gasteiger partial charge in [-0.05, 0) is 74.7 Å². The van der Waals surface area contributed by atoms with Gasteiger partial charge in [-0.15, -0.1) is 13.8 Å². The molecule has 0 atom stereocenters. The van der Waals surface area contributed by atoms with Gasteiger partial charge >= 0.3 is 0 Å². The SMILES string of the molecule is CC(=[C-]C#CC1=C(C)C(C)=C(C(C)C)C1)C(C)=[C-]C#CC1=C(C)C(C)=C(C(C)C)C1.[Y]. The van der Waals surface area contributed by atoms with E-state index in [0.29, 0.717) is 11.8 Å². The van der Waals surface area contributed by atoms with Crippen molar-refractivity contribution in [3.8, 4) is 23.7 Å². The second-order valence-electron chi connectivity index (χ2n) is 9.17. The Balaban J connectivity index is 0.00000480. The summed E-state index contributed by atoms with van der Waals surface area (Å²) in [5.41, 5.74) is 13.0. The van der Waals surface area contributed by atoms with E-state index in [1.807, 2.05) is 13.8 Å². The van der Waals surface area contributed by atoms with Crippen molar-refractivity contribution in [1.82, 2.24) is 0 Å². The fraction of sp³-hybridized carbons (Fsp3) is 0.467. The number of allylic oxidation sites excluding steroid dienone is 12. The predicted octanol–water partition coefficient (Wildman–Crippen LogP) is 7.88. The summed E-state index contributed by atoms with van der Waals surface area (Å²) in [4.78, 5) is 0. The van der Waals surface area contributed by atoms with Gasteiger partial charge in [-0.1, -0.05) is 50.0 Å². The molecule has 0 aromatic heterocycles. The van der Waals surface area contributed by atoms with E-state index in [1.54, 1.807) is 0 Å². The molecule has 0 unspecified atom stereocenters. The molecule has 1 radical (unpaired) electrons. The Labute approximate surface area is 217 Å². The van der Waals surface area contributed by atoms with E-state index in [1.165, 1.54) is 44.6 Å². The van der Waals surface area contributed by atoms with Gasteiger partial charge in [-0.2, -0.15) is 12.2 Å². The smallest absolute Gasteiger partial charge is 0 e. The molecule has 2 aliphatic rings. The molecule has 2 aliphatic carbocycles. The molecule has 0 saturated heterocycles. The summed E-state index contributed by atoms with van der Waals surface area (Å²) in [7, 11) is 0. The molecule has 2 rings (SSSR count). The molecule has 0 bridgehead atoms. The fourth-order valence-electron chi connectivity index (χ4n) is 3.98. The molecule has 0 heterocycles. The second kappa shape index (κ2) is 12.1. The van der Waals surface area contributed by atoms with Crippen LogP contribution in [0.5, 0.6) is 0 Å². The minimum atomic E-state index is 0. The molecule has 0 nitrogen and oxygen atoms in total. The van der Waals surface area contributed by atoms with Crippen LogP contribution in [0.15, 0.2) is 55.7 Å². The standard InChI is InChI=1S/C30H36.Y/c1-19(2)29-17-27(23(7)25(29)9)15-11-13-21(5)22(6)14-12-16-28-18-30(20(3)4)26(10)24(28)8;/h19-20H,17-18H2,1-10H3;/q-2;. The first-order valence-corrected chi connectivity index (χ1v) is 11.1. The average Bonchev–Trinajstić information content (AvgIpc) is 3.13. The van der Waals surface area contributed by atoms with Crippen LogP contribution in [0.2, 0.25) is 0 Å². The Bertz CT molecular complexity index is 949. The summed E-state index contributed by atoms with van der Waals surface area (Å²) in [5.74, 6) is 14.1. The van der Waals surface area contributed by atoms with Crippen LogP contribution in [0.4, 0.5) is 0 Å². The minimum absolute atomic E-state index is 0. The Hall–Kier alpha value is -1.34. The maximum Gasteiger partial charge on any atom is 0 e. The van der Waals surface area contributed by atoms with E-state index in [4.69, 9.17) is 0 Å². The summed E-state index contributed by atoms with van der Waals surface area (Å²) in [5, 5.41) is 0. The third kappa shape index (κ3) is 6.82. The molecule has 0 amide bonds. The molecular weight excluding hydrogens is 449 g/mol. The Morgan fingerprint density at radius 2 is 0.968 bits per heavy atom. The van der Waals surface area contributed by atoms with Gasteiger partial charge in [0.25, 0.3) is 0 Å². The molecule has 0 N–H and O–H groups in total. The molecule has 0 saturated carbocycles. The van der Waals surface area contributed by atoms with Crippen molar-refractivity contribution in [1.29, 1.82) is 0 Å². The fourth-order valence-corrected chi connectivity index (χ4v) is 3.98. The van der Waals surface area contributed by atoms with Crippen molar-refractivity contribution in [3.63, 3.8) is 0 Å². The van der Waals surface area contributed by atoms with E-state index in [0.717, 1.165) is 24.0 Å². The largest absolute Gasteiger partial charge is 0.251 e. The molecule has 0 aromatic carbocycles. The monoisotopic (exact) mass is 485 g/mol. The van der Waals surface area contributed by atoms with Crippen LogP contribution in [0.1, 0.15) is 82.1 Å². The summed E-state index contributed by atoms with van der Waals surface area (Å²) < 4.78 is 0. The first kappa shape index (κ1) is 27.7. The minimum Gasteiger partial charge on any atom is -0.251 e. The van der Waals surface area contributed by atoms with Gasteiger partial charge in [0.2, 0.25) is 0 Å². The van der Waals surface area contributed by atoms with Crippen LogP contribution in [0.25, 0.3) is 0 Å². The molecule has 0 aromatic rings. The van der Waals surface area contributed by atoms with E-state index in [-0.39, 0.29) is 32.7 Å². The Morgan fingerprint density at radius 3 is 1.23 bits per heavy atom. The average molecular weight is 486 g/mol. The van der Waals surface area contributed by atoms with Crippen molar-refractivity contribution in [2.75, 3.05) is 0 Å². The quantitative estimate of drug-likeness (QED) is 0.217. The third-order valence-corrected chi connectivity index (χ3v) is 6.61. The zero-order chi connectivity index (χ0) is 22.6. The summed E-state index contributed by atoms with van der Waals surface area (Å²) >= 11 is 0. The van der Waals surface area contributed by atoms with Gasteiger partial charge in [0, 0.05) is 32.7 Å². The number of hydrogen-bond acceptors (Lipinski definition) is 0. The third-order valence-electron chi connectivity index (χ3n) is 6.61. The molecule has 0 aliphatic heterocycles. The van der Waals surface area contributed by atoms with Crippen LogP contribution in [0.3, 0.4) is 0 Å². The van der Waals surface area contributed by atoms with Gasteiger partial charge in [0.15, 0.2) is 0 Å². The van der Waals surface area contributed by atoms with E-state index in [9.17, 15) is 0 Å². The van der Waals surface area contributed by atoms with E-state index in [2.05, 4.69) is 91.2 Å². The van der Waals surface area contributed by atoms with Crippen LogP contribution in [0, 0.1) is 47.7 Å². The number of hydrogen-bond donors (Lipinski definition) is 0. The van der Waals surface area contributed by atoms with E-state index >= 15 is 0 Å². The number of rotatable bonds is 3. The Morgan fingerprint density at radius 1 is 0.645 bits per heavy atom. The zero-order valence-corrected chi connectivity index (χ0v) is 24.0. The molecule has 0 spiro atoms. The van der Waals surface area contributed by atoms with Gasteiger partial charge in [0.05, 0.1) is 0 Å². The topological polar surface area (TPSA) is 0 Å². The molecule has 1 heteroatoms. The molecule has 161 valence electrons. The molecule has 31 heavy (non-hydrogen) atoms. The predicted molar refractivity (Wildman–Crippen MR) is 130 cm³/mol. The van der Waals surface area contributed by atoms with Crippen LogP contribution in [-0.2, 0) is 32.7 Å². The maximum atomic E-state index is 3.33. The normalized spacial score (nSPS) is 17.4. The van der Waals surface area contributed by atoms with Gasteiger partial charge in [-0.3, -0.25) is 11.1 Å².